The highest BCUT2D eigenvalue weighted by Gasteiger charge is 2.83. The molecule has 0 saturated carbocycles. The van der Waals surface area contributed by atoms with E-state index in [-0.39, 0.29) is 5.76 Å². The van der Waals surface area contributed by atoms with Crippen LogP contribution in [0.15, 0.2) is 22.8 Å². The molecule has 22 heavy (non-hydrogen) atoms. The Morgan fingerprint density at radius 3 is 1.95 bits per heavy atom. The quantitative estimate of drug-likeness (QED) is 0.833. The largest absolute Gasteiger partial charge is 0.467 e. The monoisotopic (exact) mass is 343 g/mol. The van der Waals surface area contributed by atoms with E-state index in [9.17, 15) is 44.3 Å². The molecule has 1 N–H and O–H groups in total. The molecule has 1 aromatic heterocycles. The van der Waals surface area contributed by atoms with E-state index < -0.39 is 36.4 Å². The summed E-state index contributed by atoms with van der Waals surface area (Å²) in [7, 11) is 0. The fourth-order valence-corrected chi connectivity index (χ4v) is 1.21. The summed E-state index contributed by atoms with van der Waals surface area (Å²) in [5.74, 6) is -23.6. The summed E-state index contributed by atoms with van der Waals surface area (Å²) in [6.45, 7) is -0.908. The molecule has 3 nitrogen and oxygen atoms in total. The highest BCUT2D eigenvalue weighted by atomic mass is 19.4. The first-order chi connectivity index (χ1) is 9.75. The molecule has 0 aromatic carbocycles. The number of furan rings is 1. The van der Waals surface area contributed by atoms with Crippen LogP contribution in [0.1, 0.15) is 5.76 Å². The van der Waals surface area contributed by atoms with Crippen molar-refractivity contribution in [3.8, 4) is 0 Å². The lowest BCUT2D eigenvalue weighted by Crippen LogP contribution is -2.65. The van der Waals surface area contributed by atoms with Gasteiger partial charge in [-0.15, -0.1) is 0 Å². The van der Waals surface area contributed by atoms with Gasteiger partial charge in [0.25, 0.3) is 5.91 Å². The molecular formula is C10H6F9NO2. The molecule has 0 bridgehead atoms. The van der Waals surface area contributed by atoms with Crippen molar-refractivity contribution in [3.63, 3.8) is 0 Å². The Hall–Kier alpha value is -1.88. The van der Waals surface area contributed by atoms with Gasteiger partial charge in [0, 0.05) is 0 Å². The lowest BCUT2D eigenvalue weighted by atomic mass is 10.0. The molecule has 1 aromatic rings. The number of hydrogen-bond acceptors (Lipinski definition) is 2. The van der Waals surface area contributed by atoms with Gasteiger partial charge in [0.1, 0.15) is 5.76 Å². The molecule has 0 saturated heterocycles. The van der Waals surface area contributed by atoms with Crippen LogP contribution in [-0.2, 0) is 11.3 Å². The van der Waals surface area contributed by atoms with Crippen LogP contribution in [0.5, 0.6) is 0 Å². The highest BCUT2D eigenvalue weighted by Crippen LogP contribution is 2.53. The minimum absolute atomic E-state index is 0.213. The Balaban J connectivity index is 2.97. The first-order valence-electron chi connectivity index (χ1n) is 5.26. The molecule has 0 unspecified atom stereocenters. The number of halogens is 9. The summed E-state index contributed by atoms with van der Waals surface area (Å²) in [5.41, 5.74) is 0. The number of alkyl halides is 9. The first kappa shape index (κ1) is 18.2. The second kappa shape index (κ2) is 5.39. The van der Waals surface area contributed by atoms with E-state index in [1.807, 2.05) is 0 Å². The summed E-state index contributed by atoms with van der Waals surface area (Å²) in [4.78, 5) is 10.9. The molecule has 0 aliphatic rings. The number of nitrogens with one attached hydrogen (secondary N) is 1. The zero-order valence-electron chi connectivity index (χ0n) is 10.2. The molecule has 0 spiro atoms. The third-order valence-electron chi connectivity index (χ3n) is 2.43. The Kier molecular flexibility index (Phi) is 4.45. The van der Waals surface area contributed by atoms with Crippen molar-refractivity contribution in [1.82, 2.24) is 5.32 Å². The Bertz CT molecular complexity index is 521. The van der Waals surface area contributed by atoms with Crippen LogP contribution in [-0.4, -0.2) is 29.9 Å². The molecular weight excluding hydrogens is 337 g/mol. The average Bonchev–Trinajstić information content (AvgIpc) is 2.86. The summed E-state index contributed by atoms with van der Waals surface area (Å²) in [6.07, 6.45) is -5.95. The molecule has 0 aliphatic carbocycles. The zero-order chi connectivity index (χ0) is 17.4. The van der Waals surface area contributed by atoms with Gasteiger partial charge in [-0.1, -0.05) is 0 Å². The van der Waals surface area contributed by atoms with E-state index in [0.29, 0.717) is 0 Å². The Morgan fingerprint density at radius 1 is 1.00 bits per heavy atom. The summed E-state index contributed by atoms with van der Waals surface area (Å²) in [6, 6.07) is 2.34. The van der Waals surface area contributed by atoms with Gasteiger partial charge in [-0.2, -0.15) is 39.5 Å². The van der Waals surface area contributed by atoms with Gasteiger partial charge < -0.3 is 9.73 Å². The van der Waals surface area contributed by atoms with Crippen LogP contribution in [0.3, 0.4) is 0 Å². The third kappa shape index (κ3) is 2.86. The molecule has 12 heteroatoms. The van der Waals surface area contributed by atoms with E-state index in [2.05, 4.69) is 4.42 Å². The number of hydrogen-bond donors (Lipinski definition) is 1. The second-order valence-electron chi connectivity index (χ2n) is 3.98. The van der Waals surface area contributed by atoms with E-state index in [1.54, 1.807) is 0 Å². The number of carbonyl (C=O) groups excluding carboxylic acids is 1. The van der Waals surface area contributed by atoms with Crippen molar-refractivity contribution in [2.75, 3.05) is 0 Å². The maximum atomic E-state index is 13.1. The number of carbonyl (C=O) groups is 1. The Morgan fingerprint density at radius 2 is 1.55 bits per heavy atom. The minimum atomic E-state index is -7.11. The summed E-state index contributed by atoms with van der Waals surface area (Å²) in [5, 5.41) is 1.09. The zero-order valence-corrected chi connectivity index (χ0v) is 10.2. The van der Waals surface area contributed by atoms with E-state index in [4.69, 9.17) is 0 Å². The van der Waals surface area contributed by atoms with Gasteiger partial charge in [0.2, 0.25) is 0 Å². The van der Waals surface area contributed by atoms with Crippen molar-refractivity contribution in [2.45, 2.75) is 30.5 Å². The van der Waals surface area contributed by atoms with Gasteiger partial charge in [-0.25, -0.2) is 0 Å². The molecule has 1 rings (SSSR count). The fourth-order valence-electron chi connectivity index (χ4n) is 1.21. The average molecular weight is 343 g/mol. The van der Waals surface area contributed by atoms with Gasteiger partial charge in [0.05, 0.1) is 12.8 Å². The van der Waals surface area contributed by atoms with Crippen molar-refractivity contribution in [3.05, 3.63) is 24.2 Å². The fraction of sp³-hybridized carbons (Fsp3) is 0.500. The normalized spacial score (nSPS) is 14.0. The first-order valence-corrected chi connectivity index (χ1v) is 5.26. The molecule has 126 valence electrons. The van der Waals surface area contributed by atoms with Crippen LogP contribution in [0.25, 0.3) is 0 Å². The van der Waals surface area contributed by atoms with E-state index >= 15 is 0 Å². The standard InChI is InChI=1S/C10H6F9NO2/c11-7(12,6(21)20-4-5-2-1-3-22-5)8(13,14)9(15,16)10(17,18)19/h1-3H,4H2,(H,20,21). The summed E-state index contributed by atoms with van der Waals surface area (Å²) < 4.78 is 117. The maximum absolute atomic E-state index is 13.1. The molecule has 0 radical (unpaired) electrons. The van der Waals surface area contributed by atoms with Gasteiger partial charge >= 0.3 is 23.9 Å². The van der Waals surface area contributed by atoms with E-state index in [0.717, 1.165) is 17.6 Å². The summed E-state index contributed by atoms with van der Waals surface area (Å²) >= 11 is 0. The van der Waals surface area contributed by atoms with Crippen molar-refractivity contribution in [1.29, 1.82) is 0 Å². The van der Waals surface area contributed by atoms with Gasteiger partial charge in [0.15, 0.2) is 0 Å². The Labute approximate surface area is 116 Å². The molecule has 1 heterocycles. The minimum Gasteiger partial charge on any atom is -0.467 e. The van der Waals surface area contributed by atoms with Crippen molar-refractivity contribution >= 4 is 5.91 Å². The maximum Gasteiger partial charge on any atom is 0.460 e. The molecule has 1 amide bonds. The smallest absolute Gasteiger partial charge is 0.460 e. The lowest BCUT2D eigenvalue weighted by molar-refractivity contribution is -0.388. The highest BCUT2D eigenvalue weighted by molar-refractivity contribution is 5.84. The van der Waals surface area contributed by atoms with E-state index in [1.165, 1.54) is 6.07 Å². The molecule has 0 aliphatic heterocycles. The molecule has 0 fully saturated rings. The van der Waals surface area contributed by atoms with Crippen LogP contribution in [0, 0.1) is 0 Å². The predicted octanol–water partition coefficient (Wildman–Crippen LogP) is 3.36. The topological polar surface area (TPSA) is 42.2 Å². The second-order valence-corrected chi connectivity index (χ2v) is 3.98. The SMILES string of the molecule is O=C(NCc1ccco1)C(F)(F)C(F)(F)C(F)(F)C(F)(F)F. The van der Waals surface area contributed by atoms with Crippen LogP contribution in [0.2, 0.25) is 0 Å². The number of rotatable bonds is 5. The van der Waals surface area contributed by atoms with Crippen molar-refractivity contribution < 1.29 is 48.7 Å². The van der Waals surface area contributed by atoms with Gasteiger partial charge in [-0.3, -0.25) is 4.79 Å². The molecule has 0 atom stereocenters. The lowest BCUT2D eigenvalue weighted by Gasteiger charge is -2.32. The van der Waals surface area contributed by atoms with Crippen LogP contribution < -0.4 is 5.32 Å². The predicted molar refractivity (Wildman–Crippen MR) is 51.5 cm³/mol. The van der Waals surface area contributed by atoms with Crippen molar-refractivity contribution in [2.24, 2.45) is 0 Å². The van der Waals surface area contributed by atoms with Gasteiger partial charge in [-0.05, 0) is 12.1 Å². The van der Waals surface area contributed by atoms with Crippen LogP contribution in [0.4, 0.5) is 39.5 Å². The third-order valence-corrected chi connectivity index (χ3v) is 2.43. The van der Waals surface area contributed by atoms with Crippen LogP contribution >= 0.6 is 0 Å². The number of amides is 1.